The van der Waals surface area contributed by atoms with Crippen LogP contribution in [0.3, 0.4) is 0 Å². The largest absolute Gasteiger partial charge is 0.494 e. The molecule has 4 rings (SSSR count). The third-order valence-corrected chi connectivity index (χ3v) is 5.20. The second-order valence-electron chi connectivity index (χ2n) is 7.10. The van der Waals surface area contributed by atoms with Gasteiger partial charge in [-0.1, -0.05) is 73.7 Å². The molecular formula is C26H26O. The Hall–Kier alpha value is -2.80. The van der Waals surface area contributed by atoms with Crippen molar-refractivity contribution in [3.63, 3.8) is 0 Å². The van der Waals surface area contributed by atoms with Crippen LogP contribution in [0.5, 0.6) is 5.75 Å². The lowest BCUT2D eigenvalue weighted by molar-refractivity contribution is 0.317. The van der Waals surface area contributed by atoms with E-state index in [2.05, 4.69) is 85.8 Å². The molecular weight excluding hydrogens is 328 g/mol. The Morgan fingerprint density at radius 3 is 2.26 bits per heavy atom. The summed E-state index contributed by atoms with van der Waals surface area (Å²) in [7, 11) is 0. The molecule has 0 aliphatic heterocycles. The maximum absolute atomic E-state index is 5.79. The number of benzene rings is 3. The first-order chi connectivity index (χ1) is 13.4. The number of allylic oxidation sites excluding steroid dienone is 1. The van der Waals surface area contributed by atoms with Gasteiger partial charge in [-0.2, -0.15) is 0 Å². The van der Waals surface area contributed by atoms with Crippen LogP contribution in [-0.4, -0.2) is 6.61 Å². The van der Waals surface area contributed by atoms with Crippen molar-refractivity contribution in [3.8, 4) is 5.75 Å². The maximum atomic E-state index is 5.79. The van der Waals surface area contributed by atoms with E-state index in [0.29, 0.717) is 0 Å². The Morgan fingerprint density at radius 1 is 0.741 bits per heavy atom. The Kier molecular flexibility index (Phi) is 5.39. The molecule has 0 spiro atoms. The van der Waals surface area contributed by atoms with Gasteiger partial charge < -0.3 is 4.74 Å². The monoisotopic (exact) mass is 354 g/mol. The number of rotatable bonds is 5. The predicted octanol–water partition coefficient (Wildman–Crippen LogP) is 6.77. The summed E-state index contributed by atoms with van der Waals surface area (Å²) in [6.45, 7) is 2.90. The fourth-order valence-electron chi connectivity index (χ4n) is 3.92. The lowest BCUT2D eigenvalue weighted by Crippen LogP contribution is -1.97. The van der Waals surface area contributed by atoms with E-state index in [-0.39, 0.29) is 0 Å². The highest BCUT2D eigenvalue weighted by molar-refractivity contribution is 5.99. The van der Waals surface area contributed by atoms with E-state index in [9.17, 15) is 0 Å². The summed E-state index contributed by atoms with van der Waals surface area (Å²) in [6, 6.07) is 28.4. The molecule has 1 heteroatoms. The van der Waals surface area contributed by atoms with Gasteiger partial charge in [0.25, 0.3) is 0 Å². The number of aryl methyl sites for hydroxylation is 1. The average molecular weight is 354 g/mol. The van der Waals surface area contributed by atoms with Crippen LogP contribution >= 0.6 is 0 Å². The Morgan fingerprint density at radius 2 is 1.48 bits per heavy atom. The van der Waals surface area contributed by atoms with Crippen molar-refractivity contribution in [2.75, 3.05) is 6.61 Å². The first-order valence-corrected chi connectivity index (χ1v) is 9.97. The molecule has 0 saturated heterocycles. The standard InChI is InChI=1S/C26H26O/c1-2-19-27-23-17-15-22(16-18-23)26-24-13-7-6-11-21(24)12-8-14-25(26)20-9-4-3-5-10-20/h3-7,9-11,13,15-18H,2,8,12,14,19H2,1H3. The summed E-state index contributed by atoms with van der Waals surface area (Å²) in [5.74, 6) is 0.948. The third kappa shape index (κ3) is 3.83. The van der Waals surface area contributed by atoms with Crippen LogP contribution in [0.4, 0.5) is 0 Å². The van der Waals surface area contributed by atoms with E-state index in [0.717, 1.165) is 31.6 Å². The molecule has 0 atom stereocenters. The molecule has 136 valence electrons. The summed E-state index contributed by atoms with van der Waals surface area (Å²) < 4.78 is 5.79. The molecule has 3 aromatic carbocycles. The van der Waals surface area contributed by atoms with Crippen molar-refractivity contribution in [3.05, 3.63) is 101 Å². The van der Waals surface area contributed by atoms with Gasteiger partial charge in [-0.05, 0) is 71.2 Å². The first-order valence-electron chi connectivity index (χ1n) is 9.97. The average Bonchev–Trinajstić information content (AvgIpc) is 2.93. The number of hydrogen-bond acceptors (Lipinski definition) is 1. The minimum absolute atomic E-state index is 0.764. The van der Waals surface area contributed by atoms with E-state index in [1.807, 2.05) is 0 Å². The second kappa shape index (κ2) is 8.26. The van der Waals surface area contributed by atoms with Gasteiger partial charge in [-0.15, -0.1) is 0 Å². The van der Waals surface area contributed by atoms with Crippen molar-refractivity contribution in [1.29, 1.82) is 0 Å². The van der Waals surface area contributed by atoms with E-state index in [4.69, 9.17) is 4.74 Å². The fraction of sp³-hybridized carbons (Fsp3) is 0.231. The molecule has 0 amide bonds. The molecule has 0 N–H and O–H groups in total. The lowest BCUT2D eigenvalue weighted by atomic mass is 9.88. The quantitative estimate of drug-likeness (QED) is 0.491. The van der Waals surface area contributed by atoms with Gasteiger partial charge in [0.1, 0.15) is 5.75 Å². The molecule has 3 aromatic rings. The normalized spacial score (nSPS) is 13.8. The zero-order valence-electron chi connectivity index (χ0n) is 15.9. The van der Waals surface area contributed by atoms with Gasteiger partial charge in [0, 0.05) is 0 Å². The SMILES string of the molecule is CCCOc1ccc(C2=C(c3ccccc3)CCCc3ccccc32)cc1. The molecule has 1 nitrogen and oxygen atoms in total. The van der Waals surface area contributed by atoms with E-state index in [1.165, 1.54) is 39.8 Å². The second-order valence-corrected chi connectivity index (χ2v) is 7.10. The number of ether oxygens (including phenoxy) is 1. The van der Waals surface area contributed by atoms with E-state index < -0.39 is 0 Å². The van der Waals surface area contributed by atoms with Gasteiger partial charge in [0.15, 0.2) is 0 Å². The topological polar surface area (TPSA) is 9.23 Å². The Labute approximate surface area is 162 Å². The van der Waals surface area contributed by atoms with Crippen LogP contribution in [0, 0.1) is 0 Å². The molecule has 0 heterocycles. The first kappa shape index (κ1) is 17.6. The van der Waals surface area contributed by atoms with Crippen LogP contribution in [0.25, 0.3) is 11.1 Å². The molecule has 27 heavy (non-hydrogen) atoms. The van der Waals surface area contributed by atoms with Crippen molar-refractivity contribution in [2.24, 2.45) is 0 Å². The zero-order valence-corrected chi connectivity index (χ0v) is 15.9. The highest BCUT2D eigenvalue weighted by atomic mass is 16.5. The van der Waals surface area contributed by atoms with Crippen LogP contribution in [0.1, 0.15) is 48.4 Å². The molecule has 0 unspecified atom stereocenters. The minimum atomic E-state index is 0.764. The zero-order chi connectivity index (χ0) is 18.5. The van der Waals surface area contributed by atoms with Crippen LogP contribution in [0.2, 0.25) is 0 Å². The van der Waals surface area contributed by atoms with Gasteiger partial charge in [-0.3, -0.25) is 0 Å². The molecule has 1 aliphatic carbocycles. The van der Waals surface area contributed by atoms with Crippen LogP contribution in [0.15, 0.2) is 78.9 Å². The Bertz CT molecular complexity index is 920. The van der Waals surface area contributed by atoms with Crippen molar-refractivity contribution in [1.82, 2.24) is 0 Å². The number of fused-ring (bicyclic) bond motifs is 1. The van der Waals surface area contributed by atoms with Gasteiger partial charge in [-0.25, -0.2) is 0 Å². The van der Waals surface area contributed by atoms with Crippen LogP contribution < -0.4 is 4.74 Å². The van der Waals surface area contributed by atoms with Gasteiger partial charge >= 0.3 is 0 Å². The van der Waals surface area contributed by atoms with E-state index >= 15 is 0 Å². The molecule has 0 fully saturated rings. The van der Waals surface area contributed by atoms with Gasteiger partial charge in [0.2, 0.25) is 0 Å². The third-order valence-electron chi connectivity index (χ3n) is 5.20. The van der Waals surface area contributed by atoms with E-state index in [1.54, 1.807) is 0 Å². The van der Waals surface area contributed by atoms with Crippen molar-refractivity contribution >= 4 is 11.1 Å². The predicted molar refractivity (Wildman–Crippen MR) is 114 cm³/mol. The molecule has 0 radical (unpaired) electrons. The smallest absolute Gasteiger partial charge is 0.119 e. The minimum Gasteiger partial charge on any atom is -0.494 e. The maximum Gasteiger partial charge on any atom is 0.119 e. The lowest BCUT2D eigenvalue weighted by Gasteiger charge is -2.17. The highest BCUT2D eigenvalue weighted by Crippen LogP contribution is 2.39. The highest BCUT2D eigenvalue weighted by Gasteiger charge is 2.19. The van der Waals surface area contributed by atoms with Crippen LogP contribution in [-0.2, 0) is 6.42 Å². The summed E-state index contributed by atoms with van der Waals surface area (Å²) >= 11 is 0. The van der Waals surface area contributed by atoms with Crippen molar-refractivity contribution < 1.29 is 4.74 Å². The Balaban J connectivity index is 1.86. The van der Waals surface area contributed by atoms with Crippen molar-refractivity contribution in [2.45, 2.75) is 32.6 Å². The summed E-state index contributed by atoms with van der Waals surface area (Å²) in [4.78, 5) is 0. The fourth-order valence-corrected chi connectivity index (χ4v) is 3.92. The molecule has 0 bridgehead atoms. The summed E-state index contributed by atoms with van der Waals surface area (Å²) in [6.07, 6.45) is 4.44. The summed E-state index contributed by atoms with van der Waals surface area (Å²) in [5.41, 5.74) is 8.24. The summed E-state index contributed by atoms with van der Waals surface area (Å²) in [5, 5.41) is 0. The molecule has 0 aromatic heterocycles. The van der Waals surface area contributed by atoms with Gasteiger partial charge in [0.05, 0.1) is 6.61 Å². The molecule has 1 aliphatic rings. The number of hydrogen-bond donors (Lipinski definition) is 0. The molecule has 0 saturated carbocycles.